The third-order valence-corrected chi connectivity index (χ3v) is 3.01. The van der Waals surface area contributed by atoms with E-state index in [1.54, 1.807) is 0 Å². The molecule has 0 radical (unpaired) electrons. The third kappa shape index (κ3) is 2.46. The summed E-state index contributed by atoms with van der Waals surface area (Å²) in [6, 6.07) is 0. The summed E-state index contributed by atoms with van der Waals surface area (Å²) in [5, 5.41) is 18.9. The molecule has 0 aromatic heterocycles. The van der Waals surface area contributed by atoms with Crippen LogP contribution in [0, 0.1) is 11.8 Å². The highest BCUT2D eigenvalue weighted by Crippen LogP contribution is 2.28. The van der Waals surface area contributed by atoms with Gasteiger partial charge in [-0.3, -0.25) is 0 Å². The molecule has 0 amide bonds. The van der Waals surface area contributed by atoms with E-state index < -0.39 is 12.2 Å². The fourth-order valence-corrected chi connectivity index (χ4v) is 1.97. The molecular weight excluding hydrogens is 152 g/mol. The zero-order chi connectivity index (χ0) is 9.14. The van der Waals surface area contributed by atoms with Crippen molar-refractivity contribution in [1.29, 1.82) is 0 Å². The lowest BCUT2D eigenvalue weighted by Crippen LogP contribution is -2.26. The lowest BCUT2D eigenvalue weighted by atomic mass is 9.88. The second-order valence-electron chi connectivity index (χ2n) is 4.31. The Bertz CT molecular complexity index is 134. The lowest BCUT2D eigenvalue weighted by molar-refractivity contribution is 0.00765. The largest absolute Gasteiger partial charge is 0.390 e. The Balaban J connectivity index is 2.48. The number of aliphatic hydroxyl groups excluding tert-OH is 2. The Morgan fingerprint density at radius 3 is 2.33 bits per heavy atom. The van der Waals surface area contributed by atoms with Gasteiger partial charge in [-0.15, -0.1) is 0 Å². The molecule has 72 valence electrons. The third-order valence-electron chi connectivity index (χ3n) is 3.01. The van der Waals surface area contributed by atoms with Crippen molar-refractivity contribution in [2.45, 2.75) is 51.7 Å². The van der Waals surface area contributed by atoms with Gasteiger partial charge in [0.2, 0.25) is 0 Å². The highest BCUT2D eigenvalue weighted by atomic mass is 16.3. The first-order valence-corrected chi connectivity index (χ1v) is 4.97. The Hall–Kier alpha value is -0.0800. The van der Waals surface area contributed by atoms with E-state index in [1.165, 1.54) is 0 Å². The molecule has 1 rings (SSSR count). The van der Waals surface area contributed by atoms with E-state index in [0.29, 0.717) is 11.8 Å². The van der Waals surface area contributed by atoms with Crippen molar-refractivity contribution in [3.63, 3.8) is 0 Å². The molecule has 12 heavy (non-hydrogen) atoms. The monoisotopic (exact) mass is 172 g/mol. The van der Waals surface area contributed by atoms with Gasteiger partial charge in [-0.25, -0.2) is 0 Å². The average Bonchev–Trinajstić information content (AvgIpc) is 2.15. The zero-order valence-corrected chi connectivity index (χ0v) is 8.03. The van der Waals surface area contributed by atoms with Crippen molar-refractivity contribution in [2.75, 3.05) is 0 Å². The van der Waals surface area contributed by atoms with Crippen molar-refractivity contribution >= 4 is 0 Å². The molecule has 1 aliphatic rings. The van der Waals surface area contributed by atoms with Crippen LogP contribution in [0.25, 0.3) is 0 Å². The SMILES string of the molecule is CC(C)C1CCCC(O)C(O)C1. The van der Waals surface area contributed by atoms with Gasteiger partial charge in [0.15, 0.2) is 0 Å². The number of hydrogen-bond donors (Lipinski definition) is 2. The van der Waals surface area contributed by atoms with E-state index >= 15 is 0 Å². The molecule has 0 heterocycles. The summed E-state index contributed by atoms with van der Waals surface area (Å²) in [5.74, 6) is 1.22. The Labute approximate surface area is 74.6 Å². The smallest absolute Gasteiger partial charge is 0.0801 e. The number of hydrogen-bond acceptors (Lipinski definition) is 2. The number of rotatable bonds is 1. The van der Waals surface area contributed by atoms with Gasteiger partial charge in [0, 0.05) is 0 Å². The first-order chi connectivity index (χ1) is 5.61. The Kier molecular flexibility index (Phi) is 3.53. The minimum Gasteiger partial charge on any atom is -0.390 e. The molecule has 0 aromatic carbocycles. The summed E-state index contributed by atoms with van der Waals surface area (Å²) in [5.41, 5.74) is 0. The molecule has 2 nitrogen and oxygen atoms in total. The molecule has 0 spiro atoms. The van der Waals surface area contributed by atoms with Crippen LogP contribution in [0.2, 0.25) is 0 Å². The first kappa shape index (κ1) is 10.0. The van der Waals surface area contributed by atoms with Gasteiger partial charge in [-0.05, 0) is 24.7 Å². The van der Waals surface area contributed by atoms with Crippen LogP contribution in [-0.4, -0.2) is 22.4 Å². The maximum absolute atomic E-state index is 9.53. The van der Waals surface area contributed by atoms with Crippen LogP contribution < -0.4 is 0 Å². The summed E-state index contributed by atoms with van der Waals surface area (Å²) < 4.78 is 0. The van der Waals surface area contributed by atoms with Crippen molar-refractivity contribution < 1.29 is 10.2 Å². The molecule has 0 aromatic rings. The normalized spacial score (nSPS) is 38.2. The fourth-order valence-electron chi connectivity index (χ4n) is 1.97. The Morgan fingerprint density at radius 2 is 1.75 bits per heavy atom. The molecular formula is C10H20O2. The van der Waals surface area contributed by atoms with E-state index in [0.717, 1.165) is 25.7 Å². The molecule has 1 aliphatic carbocycles. The van der Waals surface area contributed by atoms with Gasteiger partial charge in [0.05, 0.1) is 12.2 Å². The second-order valence-corrected chi connectivity index (χ2v) is 4.31. The molecule has 0 bridgehead atoms. The van der Waals surface area contributed by atoms with Crippen LogP contribution >= 0.6 is 0 Å². The van der Waals surface area contributed by atoms with Crippen LogP contribution in [0.5, 0.6) is 0 Å². The summed E-state index contributed by atoms with van der Waals surface area (Å²) in [7, 11) is 0. The highest BCUT2D eigenvalue weighted by molar-refractivity contribution is 4.78. The molecule has 1 fully saturated rings. The topological polar surface area (TPSA) is 40.5 Å². The first-order valence-electron chi connectivity index (χ1n) is 4.97. The highest BCUT2D eigenvalue weighted by Gasteiger charge is 2.26. The fraction of sp³-hybridized carbons (Fsp3) is 1.00. The quantitative estimate of drug-likeness (QED) is 0.589. The van der Waals surface area contributed by atoms with Gasteiger partial charge in [0.25, 0.3) is 0 Å². The van der Waals surface area contributed by atoms with Crippen molar-refractivity contribution in [3.05, 3.63) is 0 Å². The number of aliphatic hydroxyl groups is 2. The summed E-state index contributed by atoms with van der Waals surface area (Å²) in [4.78, 5) is 0. The minimum absolute atomic E-state index is 0.478. The predicted octanol–water partition coefficient (Wildman–Crippen LogP) is 1.55. The van der Waals surface area contributed by atoms with E-state index in [9.17, 15) is 10.2 Å². The van der Waals surface area contributed by atoms with Gasteiger partial charge >= 0.3 is 0 Å². The van der Waals surface area contributed by atoms with Gasteiger partial charge in [-0.2, -0.15) is 0 Å². The standard InChI is InChI=1S/C10H20O2/c1-7(2)8-4-3-5-9(11)10(12)6-8/h7-12H,3-6H2,1-2H3. The molecule has 0 saturated heterocycles. The lowest BCUT2D eigenvalue weighted by Gasteiger charge is -2.21. The maximum atomic E-state index is 9.53. The molecule has 3 unspecified atom stereocenters. The van der Waals surface area contributed by atoms with Crippen LogP contribution in [0.15, 0.2) is 0 Å². The summed E-state index contributed by atoms with van der Waals surface area (Å²) in [6.45, 7) is 4.38. The summed E-state index contributed by atoms with van der Waals surface area (Å²) >= 11 is 0. The Morgan fingerprint density at radius 1 is 1.08 bits per heavy atom. The maximum Gasteiger partial charge on any atom is 0.0801 e. The van der Waals surface area contributed by atoms with Gasteiger partial charge in [0.1, 0.15) is 0 Å². The van der Waals surface area contributed by atoms with Crippen LogP contribution in [-0.2, 0) is 0 Å². The molecule has 2 heteroatoms. The van der Waals surface area contributed by atoms with Crippen LogP contribution in [0.4, 0.5) is 0 Å². The van der Waals surface area contributed by atoms with E-state index in [2.05, 4.69) is 13.8 Å². The van der Waals surface area contributed by atoms with Crippen LogP contribution in [0.1, 0.15) is 39.5 Å². The van der Waals surface area contributed by atoms with Crippen molar-refractivity contribution in [2.24, 2.45) is 11.8 Å². The van der Waals surface area contributed by atoms with E-state index in [-0.39, 0.29) is 0 Å². The van der Waals surface area contributed by atoms with Gasteiger partial charge in [-0.1, -0.05) is 26.7 Å². The average molecular weight is 172 g/mol. The second kappa shape index (κ2) is 4.24. The predicted molar refractivity (Wildman–Crippen MR) is 48.8 cm³/mol. The van der Waals surface area contributed by atoms with Crippen LogP contribution in [0.3, 0.4) is 0 Å². The molecule has 1 saturated carbocycles. The molecule has 3 atom stereocenters. The minimum atomic E-state index is -0.486. The van der Waals surface area contributed by atoms with E-state index in [1.807, 2.05) is 0 Å². The molecule has 0 aliphatic heterocycles. The van der Waals surface area contributed by atoms with Gasteiger partial charge < -0.3 is 10.2 Å². The van der Waals surface area contributed by atoms with Crippen molar-refractivity contribution in [1.82, 2.24) is 0 Å². The summed E-state index contributed by atoms with van der Waals surface area (Å²) in [6.07, 6.45) is 2.80. The van der Waals surface area contributed by atoms with E-state index in [4.69, 9.17) is 0 Å². The molecule has 2 N–H and O–H groups in total. The zero-order valence-electron chi connectivity index (χ0n) is 8.03. The van der Waals surface area contributed by atoms with Crippen molar-refractivity contribution in [3.8, 4) is 0 Å².